The van der Waals surface area contributed by atoms with E-state index in [0.29, 0.717) is 12.5 Å². The number of aliphatic hydroxyl groups excluding tert-OH is 1. The summed E-state index contributed by atoms with van der Waals surface area (Å²) in [7, 11) is 0. The van der Waals surface area contributed by atoms with E-state index in [1.54, 1.807) is 0 Å². The van der Waals surface area contributed by atoms with E-state index in [1.165, 1.54) is 0 Å². The van der Waals surface area contributed by atoms with Crippen LogP contribution in [-0.4, -0.2) is 34.9 Å². The SMILES string of the molecule is CC(C)[C@H](O)[C@]1(C2=NC(C)(C)CO2)OC1(c1ccccc1)c1ccccc1. The van der Waals surface area contributed by atoms with Crippen LogP contribution in [-0.2, 0) is 15.1 Å². The van der Waals surface area contributed by atoms with Crippen molar-refractivity contribution in [2.24, 2.45) is 10.9 Å². The molecule has 2 heterocycles. The number of hydrogen-bond donors (Lipinski definition) is 1. The Balaban J connectivity index is 1.95. The standard InChI is InChI=1S/C23H27NO3/c1-16(2)19(25)23(20-24-21(3,4)15-26-20)22(27-23,17-11-7-5-8-12-17)18-13-9-6-10-14-18/h5-14,16,19,25H,15H2,1-4H3/t19-,23+/m0/s1. The summed E-state index contributed by atoms with van der Waals surface area (Å²) in [5, 5.41) is 11.3. The molecule has 2 aromatic carbocycles. The lowest BCUT2D eigenvalue weighted by atomic mass is 9.75. The van der Waals surface area contributed by atoms with Gasteiger partial charge in [0, 0.05) is 0 Å². The summed E-state index contributed by atoms with van der Waals surface area (Å²) < 4.78 is 12.6. The van der Waals surface area contributed by atoms with Gasteiger partial charge in [-0.25, -0.2) is 4.99 Å². The molecule has 0 unspecified atom stereocenters. The number of ether oxygens (including phenoxy) is 2. The Morgan fingerprint density at radius 2 is 1.44 bits per heavy atom. The molecule has 27 heavy (non-hydrogen) atoms. The molecular weight excluding hydrogens is 338 g/mol. The highest BCUT2D eigenvalue weighted by Gasteiger charge is 2.80. The first-order chi connectivity index (χ1) is 12.8. The van der Waals surface area contributed by atoms with Gasteiger partial charge in [0.05, 0.1) is 11.6 Å². The van der Waals surface area contributed by atoms with Crippen LogP contribution in [0.25, 0.3) is 0 Å². The van der Waals surface area contributed by atoms with E-state index in [2.05, 4.69) is 0 Å². The van der Waals surface area contributed by atoms with Crippen molar-refractivity contribution in [2.75, 3.05) is 6.61 Å². The molecule has 2 aliphatic heterocycles. The number of hydrogen-bond acceptors (Lipinski definition) is 4. The zero-order chi connectivity index (χ0) is 19.3. The minimum atomic E-state index is -1.03. The van der Waals surface area contributed by atoms with E-state index < -0.39 is 17.3 Å². The fourth-order valence-electron chi connectivity index (χ4n) is 4.11. The zero-order valence-corrected chi connectivity index (χ0v) is 16.3. The van der Waals surface area contributed by atoms with Crippen molar-refractivity contribution in [1.29, 1.82) is 0 Å². The van der Waals surface area contributed by atoms with Crippen molar-refractivity contribution >= 4 is 5.90 Å². The Bertz CT molecular complexity index is 805. The molecule has 2 aromatic rings. The van der Waals surface area contributed by atoms with Crippen LogP contribution in [0.1, 0.15) is 38.8 Å². The summed E-state index contributed by atoms with van der Waals surface area (Å²) in [6, 6.07) is 20.1. The number of nitrogens with zero attached hydrogens (tertiary/aromatic N) is 1. The summed E-state index contributed by atoms with van der Waals surface area (Å²) in [5.41, 5.74) is -0.195. The Hall–Kier alpha value is -2.17. The molecule has 2 aliphatic rings. The molecule has 1 saturated heterocycles. The molecule has 0 aromatic heterocycles. The molecule has 0 bridgehead atoms. The predicted molar refractivity (Wildman–Crippen MR) is 106 cm³/mol. The lowest BCUT2D eigenvalue weighted by Gasteiger charge is -2.27. The molecular formula is C23H27NO3. The summed E-state index contributed by atoms with van der Waals surface area (Å²) in [4.78, 5) is 4.81. The van der Waals surface area contributed by atoms with Crippen molar-refractivity contribution in [3.05, 3.63) is 71.8 Å². The molecule has 0 radical (unpaired) electrons. The van der Waals surface area contributed by atoms with Gasteiger partial charge in [0.1, 0.15) is 6.61 Å². The minimum Gasteiger partial charge on any atom is -0.476 e. The third-order valence-corrected chi connectivity index (χ3v) is 5.49. The van der Waals surface area contributed by atoms with Gasteiger partial charge in [0.15, 0.2) is 5.60 Å². The van der Waals surface area contributed by atoms with Crippen LogP contribution in [0.3, 0.4) is 0 Å². The van der Waals surface area contributed by atoms with Crippen LogP contribution < -0.4 is 0 Å². The summed E-state index contributed by atoms with van der Waals surface area (Å²) in [5.74, 6) is 0.482. The largest absolute Gasteiger partial charge is 0.476 e. The normalized spacial score (nSPS) is 26.4. The first-order valence-electron chi connectivity index (χ1n) is 9.56. The monoisotopic (exact) mass is 365 g/mol. The molecule has 142 valence electrons. The van der Waals surface area contributed by atoms with E-state index in [0.717, 1.165) is 11.1 Å². The minimum absolute atomic E-state index is 0.0192. The van der Waals surface area contributed by atoms with E-state index >= 15 is 0 Å². The van der Waals surface area contributed by atoms with Gasteiger partial charge in [-0.05, 0) is 30.9 Å². The highest BCUT2D eigenvalue weighted by atomic mass is 16.7. The number of epoxide rings is 1. The Labute approximate surface area is 160 Å². The van der Waals surface area contributed by atoms with Crippen LogP contribution in [0.5, 0.6) is 0 Å². The van der Waals surface area contributed by atoms with Crippen molar-refractivity contribution in [1.82, 2.24) is 0 Å². The smallest absolute Gasteiger partial charge is 0.224 e. The zero-order valence-electron chi connectivity index (χ0n) is 16.3. The van der Waals surface area contributed by atoms with E-state index in [-0.39, 0.29) is 11.5 Å². The van der Waals surface area contributed by atoms with Gasteiger partial charge in [0.2, 0.25) is 11.5 Å². The highest BCUT2D eigenvalue weighted by molar-refractivity contribution is 5.94. The first-order valence-corrected chi connectivity index (χ1v) is 9.56. The second kappa shape index (κ2) is 6.18. The topological polar surface area (TPSA) is 54.4 Å². The van der Waals surface area contributed by atoms with Crippen molar-refractivity contribution in [3.63, 3.8) is 0 Å². The quantitative estimate of drug-likeness (QED) is 0.817. The Kier molecular flexibility index (Phi) is 4.17. The van der Waals surface area contributed by atoms with E-state index in [1.807, 2.05) is 88.4 Å². The maximum atomic E-state index is 11.3. The maximum Gasteiger partial charge on any atom is 0.224 e. The van der Waals surface area contributed by atoms with Gasteiger partial charge >= 0.3 is 0 Å². The molecule has 0 amide bonds. The van der Waals surface area contributed by atoms with Gasteiger partial charge in [-0.15, -0.1) is 0 Å². The van der Waals surface area contributed by atoms with Gasteiger partial charge in [-0.3, -0.25) is 0 Å². The molecule has 0 aliphatic carbocycles. The lowest BCUT2D eigenvalue weighted by molar-refractivity contribution is 0.0587. The summed E-state index contributed by atoms with van der Waals surface area (Å²) in [6.07, 6.45) is -0.759. The van der Waals surface area contributed by atoms with Crippen LogP contribution in [0, 0.1) is 5.92 Å². The van der Waals surface area contributed by atoms with Gasteiger partial charge in [-0.2, -0.15) is 0 Å². The number of aliphatic imine (C=N–C) groups is 1. The third-order valence-electron chi connectivity index (χ3n) is 5.49. The van der Waals surface area contributed by atoms with Gasteiger partial charge in [-0.1, -0.05) is 74.5 Å². The Morgan fingerprint density at radius 1 is 0.926 bits per heavy atom. The predicted octanol–water partition coefficient (Wildman–Crippen LogP) is 3.92. The van der Waals surface area contributed by atoms with Crippen LogP contribution in [0.2, 0.25) is 0 Å². The molecule has 4 nitrogen and oxygen atoms in total. The maximum absolute atomic E-state index is 11.3. The average Bonchev–Trinajstić information content (AvgIpc) is 3.26. The molecule has 1 fully saturated rings. The molecule has 0 spiro atoms. The van der Waals surface area contributed by atoms with Crippen LogP contribution in [0.15, 0.2) is 65.7 Å². The number of benzene rings is 2. The second-order valence-electron chi connectivity index (χ2n) is 8.46. The van der Waals surface area contributed by atoms with E-state index in [4.69, 9.17) is 14.5 Å². The first kappa shape index (κ1) is 18.2. The number of aliphatic hydroxyl groups is 1. The average molecular weight is 365 g/mol. The summed E-state index contributed by atoms with van der Waals surface area (Å²) >= 11 is 0. The molecule has 2 atom stereocenters. The fraction of sp³-hybridized carbons (Fsp3) is 0.435. The van der Waals surface area contributed by atoms with Gasteiger partial charge < -0.3 is 14.6 Å². The van der Waals surface area contributed by atoms with Crippen molar-refractivity contribution in [3.8, 4) is 0 Å². The highest BCUT2D eigenvalue weighted by Crippen LogP contribution is 2.64. The van der Waals surface area contributed by atoms with Crippen LogP contribution >= 0.6 is 0 Å². The molecule has 1 N–H and O–H groups in total. The van der Waals surface area contributed by atoms with Crippen LogP contribution in [0.4, 0.5) is 0 Å². The molecule has 4 heteroatoms. The van der Waals surface area contributed by atoms with Crippen molar-refractivity contribution < 1.29 is 14.6 Å². The lowest BCUT2D eigenvalue weighted by Crippen LogP contribution is -2.47. The summed E-state index contributed by atoms with van der Waals surface area (Å²) in [6.45, 7) is 8.54. The van der Waals surface area contributed by atoms with Gasteiger partial charge in [0.25, 0.3) is 0 Å². The number of rotatable bonds is 5. The molecule has 0 saturated carbocycles. The second-order valence-corrected chi connectivity index (χ2v) is 8.46. The van der Waals surface area contributed by atoms with Crippen molar-refractivity contribution in [2.45, 2.75) is 50.5 Å². The molecule has 4 rings (SSSR count). The third kappa shape index (κ3) is 2.62. The fourth-order valence-corrected chi connectivity index (χ4v) is 4.11. The Morgan fingerprint density at radius 3 is 1.85 bits per heavy atom. The van der Waals surface area contributed by atoms with E-state index in [9.17, 15) is 5.11 Å².